The molecular weight excluding hydrogens is 342 g/mol. The van der Waals surface area contributed by atoms with Crippen molar-refractivity contribution in [2.24, 2.45) is 5.10 Å². The van der Waals surface area contributed by atoms with Gasteiger partial charge < -0.3 is 4.84 Å². The molecule has 0 saturated heterocycles. The van der Waals surface area contributed by atoms with Gasteiger partial charge in [0.05, 0.1) is 12.3 Å². The van der Waals surface area contributed by atoms with Gasteiger partial charge in [0.2, 0.25) is 0 Å². The summed E-state index contributed by atoms with van der Waals surface area (Å²) >= 11 is 5.97. The summed E-state index contributed by atoms with van der Waals surface area (Å²) in [4.78, 5) is 19.0. The van der Waals surface area contributed by atoms with Gasteiger partial charge in [-0.15, -0.1) is 5.10 Å². The second kappa shape index (κ2) is 6.52. The van der Waals surface area contributed by atoms with E-state index in [2.05, 4.69) is 15.4 Å². The highest BCUT2D eigenvalue weighted by atomic mass is 35.5. The van der Waals surface area contributed by atoms with Gasteiger partial charge in [-0.3, -0.25) is 4.79 Å². The maximum atomic E-state index is 12.3. The van der Waals surface area contributed by atoms with E-state index in [-0.39, 0.29) is 12.5 Å². The molecule has 126 valence electrons. The fourth-order valence-corrected chi connectivity index (χ4v) is 2.79. The van der Waals surface area contributed by atoms with Crippen LogP contribution in [0.3, 0.4) is 0 Å². The van der Waals surface area contributed by atoms with Crippen LogP contribution < -0.4 is 4.84 Å². The molecule has 2 aromatic carbocycles. The molecule has 8 heteroatoms. The Balaban J connectivity index is 1.44. The van der Waals surface area contributed by atoms with E-state index in [1.807, 2.05) is 30.3 Å². The van der Waals surface area contributed by atoms with Gasteiger partial charge in [-0.25, -0.2) is 5.01 Å². The topological polar surface area (TPSA) is 72.6 Å². The third-order valence-electron chi connectivity index (χ3n) is 3.88. The SMILES string of the molecule is O=C(COn1nnc2ccc(Cl)cc21)N1CCC(c2ccccc2)=N1. The lowest BCUT2D eigenvalue weighted by atomic mass is 10.1. The highest BCUT2D eigenvalue weighted by molar-refractivity contribution is 6.31. The molecule has 1 aliphatic rings. The summed E-state index contributed by atoms with van der Waals surface area (Å²) in [5, 5.41) is 14.2. The zero-order valence-electron chi connectivity index (χ0n) is 13.2. The van der Waals surface area contributed by atoms with Gasteiger partial charge in [-0.1, -0.05) is 46.8 Å². The molecule has 0 saturated carbocycles. The number of aromatic nitrogens is 3. The molecular formula is C17H14ClN5O2. The number of hydrazone groups is 1. The van der Waals surface area contributed by atoms with Gasteiger partial charge in [0.1, 0.15) is 11.0 Å². The van der Waals surface area contributed by atoms with Crippen LogP contribution in [0.5, 0.6) is 0 Å². The lowest BCUT2D eigenvalue weighted by Gasteiger charge is -2.11. The normalized spacial score (nSPS) is 14.0. The number of hydrogen-bond acceptors (Lipinski definition) is 5. The van der Waals surface area contributed by atoms with Crippen molar-refractivity contribution >= 4 is 34.3 Å². The minimum atomic E-state index is -0.239. The Kier molecular flexibility index (Phi) is 4.07. The Morgan fingerprint density at radius 3 is 2.88 bits per heavy atom. The fourth-order valence-electron chi connectivity index (χ4n) is 2.63. The van der Waals surface area contributed by atoms with Crippen molar-refractivity contribution < 1.29 is 9.63 Å². The second-order valence-corrected chi connectivity index (χ2v) is 5.98. The van der Waals surface area contributed by atoms with Crippen molar-refractivity contribution in [3.8, 4) is 0 Å². The first kappa shape index (κ1) is 15.6. The predicted octanol–water partition coefficient (Wildman–Crippen LogP) is 2.15. The van der Waals surface area contributed by atoms with Crippen LogP contribution in [0.4, 0.5) is 0 Å². The molecule has 0 bridgehead atoms. The summed E-state index contributed by atoms with van der Waals surface area (Å²) in [7, 11) is 0. The maximum Gasteiger partial charge on any atom is 0.283 e. The van der Waals surface area contributed by atoms with E-state index in [1.165, 1.54) is 9.85 Å². The smallest absolute Gasteiger partial charge is 0.283 e. The van der Waals surface area contributed by atoms with Crippen molar-refractivity contribution in [2.75, 3.05) is 13.2 Å². The molecule has 0 spiro atoms. The van der Waals surface area contributed by atoms with E-state index < -0.39 is 0 Å². The average Bonchev–Trinajstić information content (AvgIpc) is 3.28. The van der Waals surface area contributed by atoms with Crippen LogP contribution in [0.1, 0.15) is 12.0 Å². The Hall–Kier alpha value is -2.93. The number of fused-ring (bicyclic) bond motifs is 1. The van der Waals surface area contributed by atoms with Crippen LogP contribution in [0.25, 0.3) is 11.0 Å². The first-order valence-electron chi connectivity index (χ1n) is 7.78. The molecule has 4 rings (SSSR count). The number of nitrogens with zero attached hydrogens (tertiary/aromatic N) is 5. The first-order chi connectivity index (χ1) is 12.2. The van der Waals surface area contributed by atoms with Crippen molar-refractivity contribution in [1.29, 1.82) is 0 Å². The molecule has 7 nitrogen and oxygen atoms in total. The summed E-state index contributed by atoms with van der Waals surface area (Å²) in [6.45, 7) is 0.354. The number of benzene rings is 2. The van der Waals surface area contributed by atoms with Crippen molar-refractivity contribution in [1.82, 2.24) is 20.2 Å². The van der Waals surface area contributed by atoms with Crippen molar-refractivity contribution in [2.45, 2.75) is 6.42 Å². The Morgan fingerprint density at radius 2 is 2.04 bits per heavy atom. The lowest BCUT2D eigenvalue weighted by Crippen LogP contribution is -2.32. The molecule has 0 aliphatic carbocycles. The van der Waals surface area contributed by atoms with E-state index in [9.17, 15) is 4.79 Å². The average molecular weight is 356 g/mol. The molecule has 0 N–H and O–H groups in total. The molecule has 1 aromatic heterocycles. The summed E-state index contributed by atoms with van der Waals surface area (Å²) in [5.74, 6) is -0.239. The minimum absolute atomic E-state index is 0.184. The van der Waals surface area contributed by atoms with Gasteiger partial charge in [-0.2, -0.15) is 5.10 Å². The highest BCUT2D eigenvalue weighted by Crippen LogP contribution is 2.17. The third kappa shape index (κ3) is 3.18. The molecule has 0 unspecified atom stereocenters. The molecule has 2 heterocycles. The number of rotatable bonds is 4. The monoisotopic (exact) mass is 355 g/mol. The van der Waals surface area contributed by atoms with E-state index in [1.54, 1.807) is 18.2 Å². The van der Waals surface area contributed by atoms with Crippen LogP contribution in [-0.4, -0.2) is 44.9 Å². The molecule has 1 aliphatic heterocycles. The zero-order valence-corrected chi connectivity index (χ0v) is 13.9. The largest absolute Gasteiger partial charge is 0.385 e. The van der Waals surface area contributed by atoms with Crippen molar-refractivity contribution in [3.05, 3.63) is 59.1 Å². The number of amides is 1. The molecule has 1 amide bonds. The maximum absolute atomic E-state index is 12.3. The first-order valence-corrected chi connectivity index (χ1v) is 8.16. The number of halogens is 1. The molecule has 0 fully saturated rings. The predicted molar refractivity (Wildman–Crippen MR) is 93.3 cm³/mol. The summed E-state index contributed by atoms with van der Waals surface area (Å²) in [5.41, 5.74) is 3.17. The van der Waals surface area contributed by atoms with Crippen LogP contribution in [0.15, 0.2) is 53.6 Å². The van der Waals surface area contributed by atoms with E-state index in [0.717, 1.165) is 17.7 Å². The summed E-state index contributed by atoms with van der Waals surface area (Å²) in [6.07, 6.45) is 0.720. The quantitative estimate of drug-likeness (QED) is 0.719. The van der Waals surface area contributed by atoms with E-state index in [4.69, 9.17) is 16.4 Å². The van der Waals surface area contributed by atoms with Crippen molar-refractivity contribution in [3.63, 3.8) is 0 Å². The van der Waals surface area contributed by atoms with Gasteiger partial charge in [-0.05, 0) is 29.0 Å². The zero-order chi connectivity index (χ0) is 17.2. The van der Waals surface area contributed by atoms with Gasteiger partial charge in [0, 0.05) is 11.4 Å². The summed E-state index contributed by atoms with van der Waals surface area (Å²) in [6, 6.07) is 15.0. The minimum Gasteiger partial charge on any atom is -0.385 e. The van der Waals surface area contributed by atoms with Crippen LogP contribution >= 0.6 is 11.6 Å². The second-order valence-electron chi connectivity index (χ2n) is 5.55. The van der Waals surface area contributed by atoms with E-state index in [0.29, 0.717) is 22.6 Å². The molecule has 25 heavy (non-hydrogen) atoms. The van der Waals surface area contributed by atoms with Crippen LogP contribution in [0, 0.1) is 0 Å². The Labute approximate surface area is 148 Å². The Morgan fingerprint density at radius 1 is 1.20 bits per heavy atom. The standard InChI is InChI=1S/C17H14ClN5O2/c18-13-6-7-15-16(10-13)23(21-19-15)25-11-17(24)22-9-8-14(20-22)12-4-2-1-3-5-12/h1-7,10H,8-9,11H2. The molecule has 0 atom stereocenters. The van der Waals surface area contributed by atoms with Crippen LogP contribution in [0.2, 0.25) is 5.02 Å². The molecule has 0 radical (unpaired) electrons. The lowest BCUT2D eigenvalue weighted by molar-refractivity contribution is -0.136. The van der Waals surface area contributed by atoms with Gasteiger partial charge in [0.15, 0.2) is 6.61 Å². The van der Waals surface area contributed by atoms with Gasteiger partial charge in [0.25, 0.3) is 5.91 Å². The number of hydrogen-bond donors (Lipinski definition) is 0. The number of carbonyl (C=O) groups excluding carboxylic acids is 1. The van der Waals surface area contributed by atoms with Crippen LogP contribution in [-0.2, 0) is 4.79 Å². The Bertz CT molecular complexity index is 954. The van der Waals surface area contributed by atoms with Gasteiger partial charge >= 0.3 is 0 Å². The molecule has 3 aromatic rings. The fraction of sp³-hybridized carbons (Fsp3) is 0.176. The third-order valence-corrected chi connectivity index (χ3v) is 4.12. The number of carbonyl (C=O) groups is 1. The van der Waals surface area contributed by atoms with E-state index >= 15 is 0 Å². The summed E-state index contributed by atoms with van der Waals surface area (Å²) < 4.78 is 0. The highest BCUT2D eigenvalue weighted by Gasteiger charge is 2.22.